The van der Waals surface area contributed by atoms with Gasteiger partial charge in [0.15, 0.2) is 0 Å². The van der Waals surface area contributed by atoms with E-state index >= 15 is 0 Å². The number of hydrogen-bond donors (Lipinski definition) is 3. The van der Waals surface area contributed by atoms with E-state index in [1.165, 1.54) is 0 Å². The SMILES string of the molecule is CCOc1ccc(NC(=O)c2ccc3c(c2)NC(=O)c2ccccc2N3)cc1. The quantitative estimate of drug-likeness (QED) is 0.622. The molecule has 0 aliphatic carbocycles. The highest BCUT2D eigenvalue weighted by molar-refractivity contribution is 6.13. The van der Waals surface area contributed by atoms with E-state index in [0.717, 1.165) is 17.1 Å². The average Bonchev–Trinajstić information content (AvgIpc) is 2.85. The highest BCUT2D eigenvalue weighted by Gasteiger charge is 2.19. The van der Waals surface area contributed by atoms with Gasteiger partial charge in [-0.05, 0) is 61.5 Å². The summed E-state index contributed by atoms with van der Waals surface area (Å²) in [5.74, 6) is 0.271. The van der Waals surface area contributed by atoms with Crippen molar-refractivity contribution in [1.29, 1.82) is 0 Å². The van der Waals surface area contributed by atoms with Crippen LogP contribution in [0.25, 0.3) is 0 Å². The second-order valence-corrected chi connectivity index (χ2v) is 6.30. The van der Waals surface area contributed by atoms with E-state index in [-0.39, 0.29) is 11.8 Å². The largest absolute Gasteiger partial charge is 0.494 e. The highest BCUT2D eigenvalue weighted by atomic mass is 16.5. The van der Waals surface area contributed by atoms with E-state index in [1.54, 1.807) is 48.5 Å². The van der Waals surface area contributed by atoms with Crippen molar-refractivity contribution < 1.29 is 14.3 Å². The topological polar surface area (TPSA) is 79.5 Å². The van der Waals surface area contributed by atoms with Crippen molar-refractivity contribution in [2.24, 2.45) is 0 Å². The Morgan fingerprint density at radius 1 is 0.929 bits per heavy atom. The summed E-state index contributed by atoms with van der Waals surface area (Å²) >= 11 is 0. The molecule has 1 aliphatic heterocycles. The van der Waals surface area contributed by atoms with Gasteiger partial charge in [0, 0.05) is 11.3 Å². The van der Waals surface area contributed by atoms with Crippen LogP contribution >= 0.6 is 0 Å². The van der Waals surface area contributed by atoms with Crippen LogP contribution in [-0.4, -0.2) is 18.4 Å². The predicted octanol–water partition coefficient (Wildman–Crippen LogP) is 4.65. The molecule has 28 heavy (non-hydrogen) atoms. The first-order valence-electron chi connectivity index (χ1n) is 8.99. The Morgan fingerprint density at radius 2 is 1.71 bits per heavy atom. The zero-order valence-corrected chi connectivity index (χ0v) is 15.3. The average molecular weight is 373 g/mol. The Morgan fingerprint density at radius 3 is 2.50 bits per heavy atom. The summed E-state index contributed by atoms with van der Waals surface area (Å²) < 4.78 is 5.40. The smallest absolute Gasteiger partial charge is 0.257 e. The van der Waals surface area contributed by atoms with Crippen LogP contribution in [0, 0.1) is 0 Å². The van der Waals surface area contributed by atoms with Gasteiger partial charge >= 0.3 is 0 Å². The third kappa shape index (κ3) is 3.53. The van der Waals surface area contributed by atoms with Gasteiger partial charge in [-0.1, -0.05) is 12.1 Å². The molecule has 2 amide bonds. The number of benzene rings is 3. The van der Waals surface area contributed by atoms with Crippen LogP contribution in [0.3, 0.4) is 0 Å². The first-order chi connectivity index (χ1) is 13.6. The molecule has 0 unspecified atom stereocenters. The Hall–Kier alpha value is -3.80. The molecule has 3 N–H and O–H groups in total. The summed E-state index contributed by atoms with van der Waals surface area (Å²) in [4.78, 5) is 25.1. The molecule has 0 saturated carbocycles. The summed E-state index contributed by atoms with van der Waals surface area (Å²) in [6.45, 7) is 2.50. The number of ether oxygens (including phenoxy) is 1. The lowest BCUT2D eigenvalue weighted by Crippen LogP contribution is -2.14. The molecule has 0 radical (unpaired) electrons. The number of rotatable bonds is 4. The normalized spacial score (nSPS) is 12.0. The van der Waals surface area contributed by atoms with Gasteiger partial charge in [-0.2, -0.15) is 0 Å². The van der Waals surface area contributed by atoms with Crippen LogP contribution < -0.4 is 20.7 Å². The summed E-state index contributed by atoms with van der Waals surface area (Å²) in [5, 5.41) is 8.95. The van der Waals surface area contributed by atoms with Crippen molar-refractivity contribution in [3.8, 4) is 5.75 Å². The van der Waals surface area contributed by atoms with Crippen molar-refractivity contribution in [1.82, 2.24) is 0 Å². The van der Waals surface area contributed by atoms with Crippen molar-refractivity contribution >= 4 is 34.6 Å². The minimum Gasteiger partial charge on any atom is -0.494 e. The van der Waals surface area contributed by atoms with Crippen molar-refractivity contribution in [3.63, 3.8) is 0 Å². The van der Waals surface area contributed by atoms with E-state index in [9.17, 15) is 9.59 Å². The number of anilines is 4. The van der Waals surface area contributed by atoms with Gasteiger partial charge in [0.25, 0.3) is 11.8 Å². The lowest BCUT2D eigenvalue weighted by Gasteiger charge is -2.11. The van der Waals surface area contributed by atoms with Gasteiger partial charge in [-0.3, -0.25) is 9.59 Å². The van der Waals surface area contributed by atoms with E-state index in [1.807, 2.05) is 25.1 Å². The molecule has 1 aliphatic rings. The predicted molar refractivity (Wildman–Crippen MR) is 110 cm³/mol. The third-order valence-electron chi connectivity index (χ3n) is 4.39. The lowest BCUT2D eigenvalue weighted by atomic mass is 10.1. The van der Waals surface area contributed by atoms with E-state index in [0.29, 0.717) is 29.1 Å². The summed E-state index contributed by atoms with van der Waals surface area (Å²) in [7, 11) is 0. The molecule has 6 nitrogen and oxygen atoms in total. The maximum atomic E-state index is 12.6. The van der Waals surface area contributed by atoms with Crippen molar-refractivity contribution in [2.75, 3.05) is 22.6 Å². The van der Waals surface area contributed by atoms with Crippen molar-refractivity contribution in [3.05, 3.63) is 77.9 Å². The molecule has 0 spiro atoms. The van der Waals surface area contributed by atoms with Crippen LogP contribution in [0.1, 0.15) is 27.6 Å². The van der Waals surface area contributed by atoms with Crippen LogP contribution in [-0.2, 0) is 0 Å². The maximum absolute atomic E-state index is 12.6. The monoisotopic (exact) mass is 373 g/mol. The molecule has 0 aromatic heterocycles. The van der Waals surface area contributed by atoms with Gasteiger partial charge in [0.1, 0.15) is 5.75 Å². The van der Waals surface area contributed by atoms with Gasteiger partial charge in [-0.25, -0.2) is 0 Å². The third-order valence-corrected chi connectivity index (χ3v) is 4.39. The number of carbonyl (C=O) groups excluding carboxylic acids is 2. The molecule has 3 aromatic carbocycles. The second kappa shape index (κ2) is 7.44. The van der Waals surface area contributed by atoms with Crippen LogP contribution in [0.4, 0.5) is 22.7 Å². The molecular weight excluding hydrogens is 354 g/mol. The van der Waals surface area contributed by atoms with Crippen LogP contribution in [0.5, 0.6) is 5.75 Å². The summed E-state index contributed by atoms with van der Waals surface area (Å²) in [5.41, 5.74) is 3.68. The molecule has 140 valence electrons. The molecule has 1 heterocycles. The zero-order valence-electron chi connectivity index (χ0n) is 15.3. The molecule has 0 fully saturated rings. The summed E-state index contributed by atoms with van der Waals surface area (Å²) in [6.07, 6.45) is 0. The van der Waals surface area contributed by atoms with Gasteiger partial charge < -0.3 is 20.7 Å². The lowest BCUT2D eigenvalue weighted by molar-refractivity contribution is 0.101. The number of carbonyl (C=O) groups is 2. The second-order valence-electron chi connectivity index (χ2n) is 6.30. The molecule has 0 saturated heterocycles. The summed E-state index contributed by atoms with van der Waals surface area (Å²) in [6, 6.07) is 19.6. The van der Waals surface area contributed by atoms with E-state index in [2.05, 4.69) is 16.0 Å². The molecular formula is C22H19N3O3. The molecule has 6 heteroatoms. The fourth-order valence-corrected chi connectivity index (χ4v) is 3.03. The van der Waals surface area contributed by atoms with Crippen LogP contribution in [0.2, 0.25) is 0 Å². The number of hydrogen-bond acceptors (Lipinski definition) is 4. The number of nitrogens with one attached hydrogen (secondary N) is 3. The Kier molecular flexibility index (Phi) is 4.68. The maximum Gasteiger partial charge on any atom is 0.257 e. The van der Waals surface area contributed by atoms with Crippen molar-refractivity contribution in [2.45, 2.75) is 6.92 Å². The van der Waals surface area contributed by atoms with E-state index < -0.39 is 0 Å². The fraction of sp³-hybridized carbons (Fsp3) is 0.0909. The Labute approximate surface area is 162 Å². The number of amides is 2. The first kappa shape index (κ1) is 17.6. The number of para-hydroxylation sites is 1. The highest BCUT2D eigenvalue weighted by Crippen LogP contribution is 2.32. The first-order valence-corrected chi connectivity index (χ1v) is 8.99. The zero-order chi connectivity index (χ0) is 19.5. The Balaban J connectivity index is 1.55. The molecule has 4 rings (SSSR count). The van der Waals surface area contributed by atoms with Gasteiger partial charge in [0.2, 0.25) is 0 Å². The molecule has 0 bridgehead atoms. The standard InChI is InChI=1S/C22H19N3O3/c1-2-28-16-10-8-15(9-11-16)23-21(26)14-7-12-19-20(13-14)25-22(27)17-5-3-4-6-18(17)24-19/h3-13,24H,2H2,1H3,(H,23,26)(H,25,27). The van der Waals surface area contributed by atoms with Gasteiger partial charge in [-0.15, -0.1) is 0 Å². The van der Waals surface area contributed by atoms with Gasteiger partial charge in [0.05, 0.1) is 29.2 Å². The Bertz CT molecular complexity index is 1050. The number of fused-ring (bicyclic) bond motifs is 2. The minimum atomic E-state index is -0.261. The molecule has 3 aromatic rings. The van der Waals surface area contributed by atoms with Crippen LogP contribution in [0.15, 0.2) is 66.7 Å². The van der Waals surface area contributed by atoms with E-state index in [4.69, 9.17) is 4.74 Å². The fourth-order valence-electron chi connectivity index (χ4n) is 3.03. The minimum absolute atomic E-state index is 0.217. The molecule has 0 atom stereocenters.